The van der Waals surface area contributed by atoms with Crippen molar-refractivity contribution in [2.75, 3.05) is 56.0 Å². The minimum Gasteiger partial charge on any atom is -0.367 e. The van der Waals surface area contributed by atoms with E-state index in [2.05, 4.69) is 16.0 Å². The number of piperazine rings is 2. The maximum atomic E-state index is 15.1. The lowest BCUT2D eigenvalue weighted by Crippen LogP contribution is -2.59. The van der Waals surface area contributed by atoms with Crippen LogP contribution in [0.15, 0.2) is 30.3 Å². The van der Waals surface area contributed by atoms with Crippen molar-refractivity contribution >= 4 is 40.7 Å². The molecule has 2 heterocycles. The molecule has 2 aliphatic heterocycles. The fraction of sp³-hybridized carbons (Fsp3) is 0.483. The summed E-state index contributed by atoms with van der Waals surface area (Å²) >= 11 is 6.21. The average molecular weight is 645 g/mol. The molecule has 9 nitrogen and oxygen atoms in total. The van der Waals surface area contributed by atoms with E-state index in [0.717, 1.165) is 6.07 Å². The molecule has 0 bridgehead atoms. The summed E-state index contributed by atoms with van der Waals surface area (Å²) in [6.07, 6.45) is -5.17. The fourth-order valence-electron chi connectivity index (χ4n) is 5.40. The van der Waals surface area contributed by atoms with Crippen molar-refractivity contribution in [1.82, 2.24) is 20.4 Å². The van der Waals surface area contributed by atoms with Crippen molar-refractivity contribution in [3.63, 3.8) is 0 Å². The van der Waals surface area contributed by atoms with E-state index in [1.807, 2.05) is 4.90 Å². The van der Waals surface area contributed by atoms with Crippen LogP contribution >= 0.6 is 11.6 Å². The van der Waals surface area contributed by atoms with E-state index < -0.39 is 47.7 Å². The summed E-state index contributed by atoms with van der Waals surface area (Å²) in [4.78, 5) is 42.6. The molecule has 2 aromatic carbocycles. The van der Waals surface area contributed by atoms with Crippen LogP contribution in [0.1, 0.15) is 36.2 Å². The van der Waals surface area contributed by atoms with Crippen LogP contribution in [-0.4, -0.2) is 91.6 Å². The first-order valence-electron chi connectivity index (χ1n) is 14.1. The first-order chi connectivity index (χ1) is 20.7. The molecule has 0 radical (unpaired) electrons. The van der Waals surface area contributed by atoms with Crippen molar-refractivity contribution in [2.45, 2.75) is 45.1 Å². The molecule has 0 spiro atoms. The highest BCUT2D eigenvalue weighted by Crippen LogP contribution is 2.32. The van der Waals surface area contributed by atoms with Crippen LogP contribution in [0.4, 0.5) is 33.3 Å². The standard InChI is InChI=1S/C29H34ClF5N6O3/c1-17-16-40(12-11-39(17)9-7-29(33,34)35)23-13-20(30)4-6-22(23)38-27(43)21-5-3-19(25(31)26(21)32)14-37-28(44)24-15-36-8-10-41(24)18(2)42/h3-6,13,17,24,36H,7-12,14-16H2,1-2H3,(H,37,44)(H,38,43)/t17-,24+/m0/s1. The molecule has 0 aliphatic carbocycles. The highest BCUT2D eigenvalue weighted by Gasteiger charge is 2.32. The van der Waals surface area contributed by atoms with E-state index in [1.54, 1.807) is 17.9 Å². The summed E-state index contributed by atoms with van der Waals surface area (Å²) in [5, 5.41) is 8.49. The lowest BCUT2D eigenvalue weighted by atomic mass is 10.1. The molecule has 2 aliphatic rings. The second-order valence-corrected chi connectivity index (χ2v) is 11.3. The van der Waals surface area contributed by atoms with Gasteiger partial charge in [-0.3, -0.25) is 19.3 Å². The number of benzene rings is 2. The number of halogens is 6. The van der Waals surface area contributed by atoms with Crippen LogP contribution < -0.4 is 20.9 Å². The van der Waals surface area contributed by atoms with Crippen molar-refractivity contribution < 1.29 is 36.3 Å². The number of hydrogen-bond acceptors (Lipinski definition) is 6. The highest BCUT2D eigenvalue weighted by atomic mass is 35.5. The molecule has 44 heavy (non-hydrogen) atoms. The predicted octanol–water partition coefficient (Wildman–Crippen LogP) is 3.77. The second-order valence-electron chi connectivity index (χ2n) is 10.9. The Labute approximate surface area is 256 Å². The molecule has 2 fully saturated rings. The zero-order chi connectivity index (χ0) is 32.2. The smallest absolute Gasteiger partial charge is 0.367 e. The normalized spacial score (nSPS) is 19.5. The Balaban J connectivity index is 1.43. The van der Waals surface area contributed by atoms with Crippen LogP contribution in [0.3, 0.4) is 0 Å². The number of amides is 3. The van der Waals surface area contributed by atoms with E-state index in [-0.39, 0.29) is 42.8 Å². The zero-order valence-electron chi connectivity index (χ0n) is 24.2. The number of hydrogen-bond donors (Lipinski definition) is 3. The minimum absolute atomic E-state index is 0.128. The predicted molar refractivity (Wildman–Crippen MR) is 156 cm³/mol. The Hall–Kier alpha value is -3.49. The van der Waals surface area contributed by atoms with Gasteiger partial charge in [0.05, 0.1) is 23.4 Å². The van der Waals surface area contributed by atoms with E-state index >= 15 is 8.78 Å². The fourth-order valence-corrected chi connectivity index (χ4v) is 5.56. The van der Waals surface area contributed by atoms with Gasteiger partial charge in [-0.2, -0.15) is 13.2 Å². The Kier molecular flexibility index (Phi) is 10.7. The van der Waals surface area contributed by atoms with Crippen molar-refractivity contribution in [3.8, 4) is 0 Å². The van der Waals surface area contributed by atoms with Gasteiger partial charge in [0.1, 0.15) is 6.04 Å². The Morgan fingerprint density at radius 3 is 2.50 bits per heavy atom. The summed E-state index contributed by atoms with van der Waals surface area (Å²) in [7, 11) is 0. The number of nitrogens with one attached hydrogen (secondary N) is 3. The molecule has 3 amide bonds. The summed E-state index contributed by atoms with van der Waals surface area (Å²) in [6, 6.07) is 5.90. The van der Waals surface area contributed by atoms with Gasteiger partial charge in [-0.05, 0) is 31.2 Å². The van der Waals surface area contributed by atoms with Crippen molar-refractivity contribution in [2.24, 2.45) is 0 Å². The maximum absolute atomic E-state index is 15.1. The van der Waals surface area contributed by atoms with Gasteiger partial charge in [0.25, 0.3) is 5.91 Å². The molecular weight excluding hydrogens is 611 g/mol. The van der Waals surface area contributed by atoms with Gasteiger partial charge in [-0.25, -0.2) is 8.78 Å². The largest absolute Gasteiger partial charge is 0.390 e. The molecule has 0 saturated carbocycles. The quantitative estimate of drug-likeness (QED) is 0.379. The number of anilines is 2. The first kappa shape index (κ1) is 33.4. The second kappa shape index (κ2) is 14.1. The summed E-state index contributed by atoms with van der Waals surface area (Å²) in [5.41, 5.74) is 0.00551. The SMILES string of the molecule is CC(=O)N1CCNC[C@@H]1C(=O)NCc1ccc(C(=O)Nc2ccc(Cl)cc2N2CCN(CCC(F)(F)F)[C@@H](C)C2)c(F)c1F. The van der Waals surface area contributed by atoms with E-state index in [1.165, 1.54) is 30.0 Å². The van der Waals surface area contributed by atoms with Gasteiger partial charge in [0.2, 0.25) is 11.8 Å². The van der Waals surface area contributed by atoms with Gasteiger partial charge < -0.3 is 25.8 Å². The number of carbonyl (C=O) groups is 3. The van der Waals surface area contributed by atoms with Gasteiger partial charge >= 0.3 is 6.18 Å². The number of rotatable bonds is 8. The van der Waals surface area contributed by atoms with Crippen LogP contribution in [0.2, 0.25) is 5.02 Å². The minimum atomic E-state index is -4.26. The molecule has 0 unspecified atom stereocenters. The van der Waals surface area contributed by atoms with Crippen LogP contribution in [0, 0.1) is 11.6 Å². The molecule has 240 valence electrons. The Morgan fingerprint density at radius 1 is 1.07 bits per heavy atom. The van der Waals surface area contributed by atoms with Crippen molar-refractivity contribution in [1.29, 1.82) is 0 Å². The number of nitrogens with zero attached hydrogens (tertiary/aromatic N) is 3. The van der Waals surface area contributed by atoms with Crippen molar-refractivity contribution in [3.05, 3.63) is 58.1 Å². The van der Waals surface area contributed by atoms with Gasteiger partial charge in [-0.1, -0.05) is 17.7 Å². The maximum Gasteiger partial charge on any atom is 0.390 e. The Bertz CT molecular complexity index is 1390. The molecule has 0 aromatic heterocycles. The van der Waals surface area contributed by atoms with Gasteiger partial charge in [0.15, 0.2) is 11.6 Å². The first-order valence-corrected chi connectivity index (χ1v) is 14.5. The molecule has 2 atom stereocenters. The summed E-state index contributed by atoms with van der Waals surface area (Å²) in [6.45, 7) is 4.82. The molecule has 3 N–H and O–H groups in total. The molecule has 2 aromatic rings. The topological polar surface area (TPSA) is 97.0 Å². The third-order valence-electron chi connectivity index (χ3n) is 7.81. The summed E-state index contributed by atoms with van der Waals surface area (Å²) in [5.74, 6) is -4.44. The molecule has 2 saturated heterocycles. The monoisotopic (exact) mass is 644 g/mol. The highest BCUT2D eigenvalue weighted by molar-refractivity contribution is 6.31. The third-order valence-corrected chi connectivity index (χ3v) is 8.04. The van der Waals surface area contributed by atoms with E-state index in [0.29, 0.717) is 43.4 Å². The Morgan fingerprint density at radius 2 is 1.82 bits per heavy atom. The third kappa shape index (κ3) is 8.16. The number of carbonyl (C=O) groups excluding carboxylic acids is 3. The molecule has 4 rings (SSSR count). The molecular formula is C29H34ClF5N6O3. The van der Waals surface area contributed by atoms with E-state index in [9.17, 15) is 27.6 Å². The van der Waals surface area contributed by atoms with Crippen LogP contribution in [0.25, 0.3) is 0 Å². The van der Waals surface area contributed by atoms with E-state index in [4.69, 9.17) is 11.6 Å². The van der Waals surface area contributed by atoms with Gasteiger partial charge in [-0.15, -0.1) is 0 Å². The van der Waals surface area contributed by atoms with Crippen LogP contribution in [0.5, 0.6) is 0 Å². The lowest BCUT2D eigenvalue weighted by Gasteiger charge is -2.41. The number of alkyl halides is 3. The van der Waals surface area contributed by atoms with Gasteiger partial charge in [0, 0.05) is 75.9 Å². The summed E-state index contributed by atoms with van der Waals surface area (Å²) < 4.78 is 68.3. The lowest BCUT2D eigenvalue weighted by molar-refractivity contribution is -0.140. The average Bonchev–Trinajstić information content (AvgIpc) is 2.97. The zero-order valence-corrected chi connectivity index (χ0v) is 25.0. The molecule has 15 heteroatoms. The van der Waals surface area contributed by atoms with Crippen LogP contribution in [-0.2, 0) is 16.1 Å².